The molecule has 0 saturated carbocycles. The Morgan fingerprint density at radius 1 is 1.30 bits per heavy atom. The summed E-state index contributed by atoms with van der Waals surface area (Å²) in [4.78, 5) is 2.02. The maximum absolute atomic E-state index is 13.7. The molecule has 0 aliphatic heterocycles. The number of halogens is 1. The van der Waals surface area contributed by atoms with E-state index in [0.717, 1.165) is 9.75 Å². The van der Waals surface area contributed by atoms with Crippen molar-refractivity contribution >= 4 is 11.3 Å². The molecule has 2 N–H and O–H groups in total. The third kappa shape index (κ3) is 4.11. The van der Waals surface area contributed by atoms with E-state index >= 15 is 0 Å². The molecule has 1 aromatic carbocycles. The quantitative estimate of drug-likeness (QED) is 0.825. The molecule has 1 heterocycles. The van der Waals surface area contributed by atoms with Crippen LogP contribution in [0.4, 0.5) is 4.39 Å². The predicted octanol–water partition coefficient (Wildman–Crippen LogP) is 2.65. The number of benzene rings is 1. The Morgan fingerprint density at radius 3 is 2.85 bits per heavy atom. The minimum absolute atomic E-state index is 0.204. The van der Waals surface area contributed by atoms with Crippen LogP contribution in [-0.2, 0) is 11.3 Å². The van der Waals surface area contributed by atoms with Crippen molar-refractivity contribution in [1.82, 2.24) is 5.32 Å². The van der Waals surface area contributed by atoms with E-state index in [1.165, 1.54) is 6.07 Å². The van der Waals surface area contributed by atoms with Gasteiger partial charge in [0.2, 0.25) is 0 Å². The Bertz CT molecular complexity index is 544. The summed E-state index contributed by atoms with van der Waals surface area (Å²) < 4.78 is 18.5. The number of ether oxygens (including phenoxy) is 1. The first-order chi connectivity index (χ1) is 9.70. The monoisotopic (exact) mass is 295 g/mol. The average molecular weight is 295 g/mol. The van der Waals surface area contributed by atoms with E-state index in [2.05, 4.69) is 5.32 Å². The molecule has 0 amide bonds. The Labute approximate surface area is 122 Å². The van der Waals surface area contributed by atoms with Crippen LogP contribution in [0.1, 0.15) is 4.88 Å². The van der Waals surface area contributed by atoms with Gasteiger partial charge < -0.3 is 15.2 Å². The number of hydrogen-bond donors (Lipinski definition) is 2. The van der Waals surface area contributed by atoms with Crippen molar-refractivity contribution < 1.29 is 14.2 Å². The van der Waals surface area contributed by atoms with Crippen LogP contribution in [0.15, 0.2) is 36.4 Å². The van der Waals surface area contributed by atoms with Crippen LogP contribution >= 0.6 is 11.3 Å². The number of nitrogens with one attached hydrogen (secondary N) is 1. The van der Waals surface area contributed by atoms with Gasteiger partial charge in [0.1, 0.15) is 5.82 Å². The number of hydrogen-bond acceptors (Lipinski definition) is 4. The summed E-state index contributed by atoms with van der Waals surface area (Å²) >= 11 is 1.55. The lowest BCUT2D eigenvalue weighted by Gasteiger charge is -2.09. The first kappa shape index (κ1) is 15.1. The molecule has 108 valence electrons. The van der Waals surface area contributed by atoms with Crippen LogP contribution in [-0.4, -0.2) is 31.5 Å². The lowest BCUT2D eigenvalue weighted by molar-refractivity contribution is 0.0644. The van der Waals surface area contributed by atoms with Crippen LogP contribution in [0.5, 0.6) is 0 Å². The van der Waals surface area contributed by atoms with Crippen molar-refractivity contribution in [2.75, 3.05) is 20.3 Å². The third-order valence-corrected chi connectivity index (χ3v) is 3.96. The van der Waals surface area contributed by atoms with E-state index < -0.39 is 6.10 Å². The molecule has 0 bridgehead atoms. The zero-order valence-corrected chi connectivity index (χ0v) is 12.1. The third-order valence-electron chi connectivity index (χ3n) is 2.84. The molecule has 1 unspecified atom stereocenters. The Morgan fingerprint density at radius 2 is 2.10 bits per heavy atom. The predicted molar refractivity (Wildman–Crippen MR) is 79.3 cm³/mol. The van der Waals surface area contributed by atoms with Gasteiger partial charge in [0.05, 0.1) is 12.7 Å². The summed E-state index contributed by atoms with van der Waals surface area (Å²) in [5.41, 5.74) is 0.628. The molecule has 0 radical (unpaired) electrons. The second-order valence-corrected chi connectivity index (χ2v) is 5.65. The summed E-state index contributed by atoms with van der Waals surface area (Å²) in [5, 5.41) is 12.7. The van der Waals surface area contributed by atoms with E-state index in [1.54, 1.807) is 30.6 Å². The molecular formula is C15H18FNO2S. The van der Waals surface area contributed by atoms with E-state index in [4.69, 9.17) is 4.74 Å². The van der Waals surface area contributed by atoms with Gasteiger partial charge in [-0.3, -0.25) is 0 Å². The normalized spacial score (nSPS) is 12.6. The lowest BCUT2D eigenvalue weighted by Crippen LogP contribution is -2.29. The van der Waals surface area contributed by atoms with E-state index in [9.17, 15) is 9.50 Å². The summed E-state index contributed by atoms with van der Waals surface area (Å²) in [6, 6.07) is 10.7. The molecule has 0 aliphatic carbocycles. The highest BCUT2D eigenvalue weighted by atomic mass is 32.1. The van der Waals surface area contributed by atoms with Crippen LogP contribution in [0.2, 0.25) is 0 Å². The first-order valence-corrected chi connectivity index (χ1v) is 7.23. The maximum atomic E-state index is 13.7. The molecule has 0 spiro atoms. The zero-order valence-electron chi connectivity index (χ0n) is 11.3. The summed E-state index contributed by atoms with van der Waals surface area (Å²) in [7, 11) is 1.56. The van der Waals surface area contributed by atoms with Gasteiger partial charge in [-0.1, -0.05) is 18.2 Å². The fourth-order valence-electron chi connectivity index (χ4n) is 1.89. The van der Waals surface area contributed by atoms with Crippen molar-refractivity contribution in [1.29, 1.82) is 0 Å². The maximum Gasteiger partial charge on any atom is 0.131 e. The van der Waals surface area contributed by atoms with Crippen molar-refractivity contribution in [3.63, 3.8) is 0 Å². The highest BCUT2D eigenvalue weighted by molar-refractivity contribution is 7.15. The van der Waals surface area contributed by atoms with Crippen molar-refractivity contribution in [2.45, 2.75) is 12.6 Å². The van der Waals surface area contributed by atoms with Gasteiger partial charge >= 0.3 is 0 Å². The number of rotatable bonds is 7. The van der Waals surface area contributed by atoms with E-state index in [0.29, 0.717) is 25.3 Å². The van der Waals surface area contributed by atoms with Crippen molar-refractivity contribution in [3.8, 4) is 10.4 Å². The molecule has 0 saturated heterocycles. The van der Waals surface area contributed by atoms with Gasteiger partial charge in [-0.15, -0.1) is 11.3 Å². The van der Waals surface area contributed by atoms with Gasteiger partial charge in [-0.25, -0.2) is 4.39 Å². The highest BCUT2D eigenvalue weighted by Gasteiger charge is 2.08. The number of thiophene rings is 1. The molecular weight excluding hydrogens is 277 g/mol. The Hall–Kier alpha value is -1.27. The van der Waals surface area contributed by atoms with Crippen molar-refractivity contribution in [3.05, 3.63) is 47.1 Å². The molecule has 20 heavy (non-hydrogen) atoms. The molecule has 5 heteroatoms. The van der Waals surface area contributed by atoms with Gasteiger partial charge in [0, 0.05) is 35.5 Å². The van der Waals surface area contributed by atoms with Gasteiger partial charge in [-0.2, -0.15) is 0 Å². The Kier molecular flexibility index (Phi) is 5.67. The lowest BCUT2D eigenvalue weighted by atomic mass is 10.2. The van der Waals surface area contributed by atoms with Gasteiger partial charge in [0.15, 0.2) is 0 Å². The molecule has 3 nitrogen and oxygen atoms in total. The Balaban J connectivity index is 1.91. The topological polar surface area (TPSA) is 41.5 Å². The summed E-state index contributed by atoms with van der Waals surface area (Å²) in [6.07, 6.45) is -0.508. The number of aliphatic hydroxyl groups is 1. The highest BCUT2D eigenvalue weighted by Crippen LogP contribution is 2.29. The van der Waals surface area contributed by atoms with E-state index in [-0.39, 0.29) is 5.82 Å². The number of methoxy groups -OCH3 is 1. The molecule has 2 rings (SSSR count). The van der Waals surface area contributed by atoms with Crippen LogP contribution < -0.4 is 5.32 Å². The second-order valence-electron chi connectivity index (χ2n) is 4.49. The second kappa shape index (κ2) is 7.50. The minimum atomic E-state index is -0.508. The standard InChI is InChI=1S/C15H18FNO2S/c1-19-10-11(18)8-17-9-12-6-7-15(20-12)13-4-2-3-5-14(13)16/h2-7,11,17-18H,8-10H2,1H3. The number of aliphatic hydroxyl groups excluding tert-OH is 1. The summed E-state index contributed by atoms with van der Waals surface area (Å²) in [6.45, 7) is 1.44. The fourth-order valence-corrected chi connectivity index (χ4v) is 2.90. The van der Waals surface area contributed by atoms with Crippen LogP contribution in [0.3, 0.4) is 0 Å². The van der Waals surface area contributed by atoms with Crippen LogP contribution in [0, 0.1) is 5.82 Å². The average Bonchev–Trinajstić information content (AvgIpc) is 2.88. The smallest absolute Gasteiger partial charge is 0.131 e. The molecule has 0 aliphatic rings. The fraction of sp³-hybridized carbons (Fsp3) is 0.333. The molecule has 2 aromatic rings. The van der Waals surface area contributed by atoms with Crippen LogP contribution in [0.25, 0.3) is 10.4 Å². The SMILES string of the molecule is COCC(O)CNCc1ccc(-c2ccccc2F)s1. The van der Waals surface area contributed by atoms with Gasteiger partial charge in [-0.05, 0) is 18.2 Å². The molecule has 1 aromatic heterocycles. The largest absolute Gasteiger partial charge is 0.389 e. The molecule has 1 atom stereocenters. The van der Waals surface area contributed by atoms with Crippen molar-refractivity contribution in [2.24, 2.45) is 0 Å². The first-order valence-electron chi connectivity index (χ1n) is 6.42. The summed E-state index contributed by atoms with van der Waals surface area (Å²) in [5.74, 6) is -0.204. The van der Waals surface area contributed by atoms with E-state index in [1.807, 2.05) is 18.2 Å². The molecule has 0 fully saturated rings. The zero-order chi connectivity index (χ0) is 14.4. The van der Waals surface area contributed by atoms with Gasteiger partial charge in [0.25, 0.3) is 0 Å². The minimum Gasteiger partial charge on any atom is -0.389 e.